The Morgan fingerprint density at radius 2 is 1.81 bits per heavy atom. The van der Waals surface area contributed by atoms with Gasteiger partial charge in [0, 0.05) is 31.6 Å². The number of piperidine rings is 2. The highest BCUT2D eigenvalue weighted by Gasteiger charge is 2.24. The van der Waals surface area contributed by atoms with Crippen LogP contribution in [-0.2, 0) is 4.79 Å². The van der Waals surface area contributed by atoms with E-state index in [0.717, 1.165) is 45.4 Å². The summed E-state index contributed by atoms with van der Waals surface area (Å²) in [6, 6.07) is 9.31. The van der Waals surface area contributed by atoms with Crippen LogP contribution in [0.15, 0.2) is 30.3 Å². The summed E-state index contributed by atoms with van der Waals surface area (Å²) in [5.74, 6) is 1.33. The van der Waals surface area contributed by atoms with E-state index >= 15 is 0 Å². The van der Waals surface area contributed by atoms with Gasteiger partial charge in [-0.25, -0.2) is 0 Å². The van der Waals surface area contributed by atoms with Crippen LogP contribution in [0.3, 0.4) is 0 Å². The van der Waals surface area contributed by atoms with E-state index in [1.165, 1.54) is 12.8 Å². The Hall–Kier alpha value is -1.59. The van der Waals surface area contributed by atoms with Gasteiger partial charge < -0.3 is 15.5 Å². The van der Waals surface area contributed by atoms with Crippen molar-refractivity contribution in [1.82, 2.24) is 15.5 Å². The number of rotatable bonds is 6. The van der Waals surface area contributed by atoms with Gasteiger partial charge in [-0.2, -0.15) is 0 Å². The monoisotopic (exact) mass is 393 g/mol. The van der Waals surface area contributed by atoms with Gasteiger partial charge in [-0.3, -0.25) is 9.59 Å². The molecular weight excluding hydrogens is 362 g/mol. The summed E-state index contributed by atoms with van der Waals surface area (Å²) in [5, 5.41) is 6.40. The molecule has 0 radical (unpaired) electrons. The number of hydrogen-bond donors (Lipinski definition) is 2. The van der Waals surface area contributed by atoms with E-state index in [2.05, 4.69) is 10.6 Å². The summed E-state index contributed by atoms with van der Waals surface area (Å²) in [5.41, 5.74) is 0.693. The number of likely N-dealkylation sites (tertiary alicyclic amines) is 1. The molecule has 5 nitrogen and oxygen atoms in total. The van der Waals surface area contributed by atoms with E-state index in [1.54, 1.807) is 0 Å². The molecule has 27 heavy (non-hydrogen) atoms. The Morgan fingerprint density at radius 3 is 2.56 bits per heavy atom. The largest absolute Gasteiger partial charge is 0.352 e. The van der Waals surface area contributed by atoms with Crippen molar-refractivity contribution in [2.24, 2.45) is 11.8 Å². The average Bonchev–Trinajstić information content (AvgIpc) is 2.72. The minimum Gasteiger partial charge on any atom is -0.352 e. The maximum absolute atomic E-state index is 12.6. The molecule has 0 saturated carbocycles. The molecule has 2 amide bonds. The van der Waals surface area contributed by atoms with Gasteiger partial charge >= 0.3 is 0 Å². The molecule has 6 heteroatoms. The third-order valence-corrected chi connectivity index (χ3v) is 5.68. The summed E-state index contributed by atoms with van der Waals surface area (Å²) in [6.45, 7) is 4.47. The fourth-order valence-electron chi connectivity index (χ4n) is 4.04. The Kier molecular flexibility index (Phi) is 9.08. The molecule has 1 atom stereocenters. The second-order valence-electron chi connectivity index (χ2n) is 7.66. The number of carbonyl (C=O) groups is 2. The van der Waals surface area contributed by atoms with Crippen LogP contribution in [0.5, 0.6) is 0 Å². The zero-order valence-electron chi connectivity index (χ0n) is 16.0. The summed E-state index contributed by atoms with van der Waals surface area (Å²) in [6.07, 6.45) is 6.20. The lowest BCUT2D eigenvalue weighted by Crippen LogP contribution is -2.43. The van der Waals surface area contributed by atoms with E-state index in [-0.39, 0.29) is 18.3 Å². The van der Waals surface area contributed by atoms with E-state index in [0.29, 0.717) is 36.3 Å². The standard InChI is InChI=1S/C21H31N3O2.ClH/c25-20(9-8-17-10-12-22-13-11-17)24-14-4-5-18(16-24)15-23-21(26)19-6-2-1-3-7-19;/h1-3,6-7,17-18,22H,4-5,8-16H2,(H,23,26);1H. The highest BCUT2D eigenvalue weighted by Crippen LogP contribution is 2.21. The normalized spacial score (nSPS) is 20.6. The zero-order chi connectivity index (χ0) is 18.2. The first-order valence-electron chi connectivity index (χ1n) is 10.0. The Morgan fingerprint density at radius 1 is 1.07 bits per heavy atom. The number of benzene rings is 1. The molecule has 0 aliphatic carbocycles. The van der Waals surface area contributed by atoms with Crippen molar-refractivity contribution in [3.8, 4) is 0 Å². The number of halogens is 1. The number of carbonyl (C=O) groups excluding carboxylic acids is 2. The number of amides is 2. The van der Waals surface area contributed by atoms with Crippen LogP contribution in [0.2, 0.25) is 0 Å². The van der Waals surface area contributed by atoms with Gasteiger partial charge in [0.15, 0.2) is 0 Å². The van der Waals surface area contributed by atoms with Crippen molar-refractivity contribution in [3.05, 3.63) is 35.9 Å². The first-order valence-corrected chi connectivity index (χ1v) is 10.0. The summed E-state index contributed by atoms with van der Waals surface area (Å²) in [4.78, 5) is 26.8. The van der Waals surface area contributed by atoms with Crippen molar-refractivity contribution in [2.75, 3.05) is 32.7 Å². The van der Waals surface area contributed by atoms with Gasteiger partial charge in [-0.1, -0.05) is 18.2 Å². The average molecular weight is 394 g/mol. The van der Waals surface area contributed by atoms with Crippen molar-refractivity contribution in [1.29, 1.82) is 0 Å². The van der Waals surface area contributed by atoms with Crippen LogP contribution in [0, 0.1) is 11.8 Å². The van der Waals surface area contributed by atoms with Gasteiger partial charge in [0.25, 0.3) is 5.91 Å². The lowest BCUT2D eigenvalue weighted by molar-refractivity contribution is -0.133. The zero-order valence-corrected chi connectivity index (χ0v) is 16.8. The Bertz CT molecular complexity index is 590. The molecule has 3 rings (SSSR count). The topological polar surface area (TPSA) is 61.4 Å². The molecule has 0 bridgehead atoms. The van der Waals surface area contributed by atoms with Gasteiger partial charge in [-0.15, -0.1) is 12.4 Å². The Labute approximate surface area is 168 Å². The van der Waals surface area contributed by atoms with Gasteiger partial charge in [0.1, 0.15) is 0 Å². The number of hydrogen-bond acceptors (Lipinski definition) is 3. The minimum absolute atomic E-state index is 0. The SMILES string of the molecule is Cl.O=C(NCC1CCCN(C(=O)CCC2CCNCC2)C1)c1ccccc1. The van der Waals surface area contributed by atoms with Crippen LogP contribution < -0.4 is 10.6 Å². The van der Waals surface area contributed by atoms with Gasteiger partial charge in [-0.05, 0) is 69.2 Å². The van der Waals surface area contributed by atoms with E-state index in [1.807, 2.05) is 35.2 Å². The highest BCUT2D eigenvalue weighted by molar-refractivity contribution is 5.94. The first-order chi connectivity index (χ1) is 12.7. The van der Waals surface area contributed by atoms with E-state index in [4.69, 9.17) is 0 Å². The predicted molar refractivity (Wildman–Crippen MR) is 110 cm³/mol. The smallest absolute Gasteiger partial charge is 0.251 e. The van der Waals surface area contributed by atoms with Crippen LogP contribution in [0.25, 0.3) is 0 Å². The van der Waals surface area contributed by atoms with Crippen LogP contribution in [0.1, 0.15) is 48.9 Å². The second kappa shape index (κ2) is 11.3. The molecule has 1 unspecified atom stereocenters. The van der Waals surface area contributed by atoms with Crippen LogP contribution in [0.4, 0.5) is 0 Å². The molecule has 2 aliphatic heterocycles. The van der Waals surface area contributed by atoms with E-state index in [9.17, 15) is 9.59 Å². The molecule has 2 fully saturated rings. The maximum atomic E-state index is 12.6. The van der Waals surface area contributed by atoms with Crippen LogP contribution >= 0.6 is 12.4 Å². The molecule has 2 heterocycles. The third kappa shape index (κ3) is 6.82. The van der Waals surface area contributed by atoms with Crippen LogP contribution in [-0.4, -0.2) is 49.4 Å². The van der Waals surface area contributed by atoms with Crippen molar-refractivity contribution in [3.63, 3.8) is 0 Å². The summed E-state index contributed by atoms with van der Waals surface area (Å²) >= 11 is 0. The molecule has 150 valence electrons. The Balaban J connectivity index is 0.00000261. The van der Waals surface area contributed by atoms with E-state index < -0.39 is 0 Å². The van der Waals surface area contributed by atoms with Crippen molar-refractivity contribution in [2.45, 2.75) is 38.5 Å². The van der Waals surface area contributed by atoms with Gasteiger partial charge in [0.2, 0.25) is 5.91 Å². The fraction of sp³-hybridized carbons (Fsp3) is 0.619. The highest BCUT2D eigenvalue weighted by atomic mass is 35.5. The van der Waals surface area contributed by atoms with Crippen molar-refractivity contribution < 1.29 is 9.59 Å². The summed E-state index contributed by atoms with van der Waals surface area (Å²) < 4.78 is 0. The predicted octanol–water partition coefficient (Wildman–Crippen LogP) is 2.86. The fourth-order valence-corrected chi connectivity index (χ4v) is 4.04. The molecule has 2 saturated heterocycles. The third-order valence-electron chi connectivity index (χ3n) is 5.68. The molecule has 1 aromatic rings. The molecule has 2 N–H and O–H groups in total. The molecule has 0 spiro atoms. The summed E-state index contributed by atoms with van der Waals surface area (Å²) in [7, 11) is 0. The first kappa shape index (κ1) is 21.7. The van der Waals surface area contributed by atoms with Gasteiger partial charge in [0.05, 0.1) is 0 Å². The molecular formula is C21H32ClN3O2. The lowest BCUT2D eigenvalue weighted by atomic mass is 9.92. The molecule has 2 aliphatic rings. The molecule has 0 aromatic heterocycles. The quantitative estimate of drug-likeness (QED) is 0.781. The number of nitrogens with one attached hydrogen (secondary N) is 2. The molecule has 1 aromatic carbocycles. The second-order valence-corrected chi connectivity index (χ2v) is 7.66. The maximum Gasteiger partial charge on any atom is 0.251 e. The number of nitrogens with zero attached hydrogens (tertiary/aromatic N) is 1. The van der Waals surface area contributed by atoms with Crippen molar-refractivity contribution >= 4 is 24.2 Å². The lowest BCUT2D eigenvalue weighted by Gasteiger charge is -2.33. The minimum atomic E-state index is -0.0278.